The Morgan fingerprint density at radius 1 is 1.22 bits per heavy atom. The summed E-state index contributed by atoms with van der Waals surface area (Å²) >= 11 is 0. The first-order valence-electron chi connectivity index (χ1n) is 7.53. The van der Waals surface area contributed by atoms with Crippen LogP contribution in [-0.4, -0.2) is 60.6 Å². The maximum absolute atomic E-state index is 12.6. The van der Waals surface area contributed by atoms with E-state index in [2.05, 4.69) is 0 Å². The molecule has 0 aromatic heterocycles. The summed E-state index contributed by atoms with van der Waals surface area (Å²) in [6.45, 7) is 0.788. The zero-order chi connectivity index (χ0) is 16.4. The Morgan fingerprint density at radius 2 is 1.91 bits per heavy atom. The van der Waals surface area contributed by atoms with Gasteiger partial charge in [0.2, 0.25) is 0 Å². The standard InChI is InChI=1S/C16H18N2O5/c1-22-13-5-3-2-4-12(13)15(20)17-8-6-11(7-9-17)18-14(19)10-23-16(18)21/h2-5,11H,6-10H2,1H3. The first kappa shape index (κ1) is 15.3. The first-order valence-corrected chi connectivity index (χ1v) is 7.53. The van der Waals surface area contributed by atoms with Gasteiger partial charge in [-0.3, -0.25) is 9.59 Å². The number of benzene rings is 1. The highest BCUT2D eigenvalue weighted by atomic mass is 16.6. The lowest BCUT2D eigenvalue weighted by Crippen LogP contribution is -2.48. The van der Waals surface area contributed by atoms with Crippen molar-refractivity contribution in [2.45, 2.75) is 18.9 Å². The number of nitrogens with zero attached hydrogens (tertiary/aromatic N) is 2. The predicted octanol–water partition coefficient (Wildman–Crippen LogP) is 1.28. The second kappa shape index (κ2) is 6.28. The van der Waals surface area contributed by atoms with Crippen LogP contribution in [-0.2, 0) is 9.53 Å². The molecule has 1 aromatic carbocycles. The number of piperidine rings is 1. The van der Waals surface area contributed by atoms with Gasteiger partial charge in [0, 0.05) is 19.1 Å². The van der Waals surface area contributed by atoms with Crippen LogP contribution in [0, 0.1) is 0 Å². The Kier molecular flexibility index (Phi) is 4.18. The van der Waals surface area contributed by atoms with Gasteiger partial charge in [-0.15, -0.1) is 0 Å². The average Bonchev–Trinajstić information content (AvgIpc) is 2.93. The van der Waals surface area contributed by atoms with E-state index < -0.39 is 6.09 Å². The molecule has 2 heterocycles. The summed E-state index contributed by atoms with van der Waals surface area (Å²) in [4.78, 5) is 38.8. The molecule has 0 unspecified atom stereocenters. The number of carbonyl (C=O) groups is 3. The van der Waals surface area contributed by atoms with E-state index >= 15 is 0 Å². The Morgan fingerprint density at radius 3 is 2.52 bits per heavy atom. The zero-order valence-corrected chi connectivity index (χ0v) is 12.9. The lowest BCUT2D eigenvalue weighted by molar-refractivity contribution is -0.127. The molecule has 0 atom stereocenters. The number of ether oxygens (including phenoxy) is 2. The van der Waals surface area contributed by atoms with Crippen molar-refractivity contribution in [2.24, 2.45) is 0 Å². The highest BCUT2D eigenvalue weighted by Gasteiger charge is 2.39. The van der Waals surface area contributed by atoms with Crippen molar-refractivity contribution in [3.05, 3.63) is 29.8 Å². The normalized spacial score (nSPS) is 19.0. The van der Waals surface area contributed by atoms with E-state index in [4.69, 9.17) is 9.47 Å². The Bertz CT molecular complexity index is 621. The van der Waals surface area contributed by atoms with E-state index in [0.29, 0.717) is 37.2 Å². The van der Waals surface area contributed by atoms with Gasteiger partial charge in [-0.2, -0.15) is 0 Å². The molecule has 2 saturated heterocycles. The second-order valence-corrected chi connectivity index (χ2v) is 5.54. The van der Waals surface area contributed by atoms with Crippen LogP contribution < -0.4 is 4.74 Å². The van der Waals surface area contributed by atoms with Gasteiger partial charge in [-0.25, -0.2) is 9.69 Å². The highest BCUT2D eigenvalue weighted by Crippen LogP contribution is 2.24. The number of amides is 3. The molecular formula is C16H18N2O5. The van der Waals surface area contributed by atoms with Gasteiger partial charge in [0.1, 0.15) is 5.75 Å². The Hall–Kier alpha value is -2.57. The fourth-order valence-corrected chi connectivity index (χ4v) is 3.04. The number of rotatable bonds is 3. The number of imide groups is 1. The van der Waals surface area contributed by atoms with Crippen LogP contribution in [0.15, 0.2) is 24.3 Å². The predicted molar refractivity (Wildman–Crippen MR) is 80.1 cm³/mol. The zero-order valence-electron chi connectivity index (χ0n) is 12.9. The third kappa shape index (κ3) is 2.86. The summed E-state index contributed by atoms with van der Waals surface area (Å²) in [5, 5.41) is 0. The van der Waals surface area contributed by atoms with Crippen LogP contribution in [0.5, 0.6) is 5.75 Å². The van der Waals surface area contributed by atoms with E-state index in [1.807, 2.05) is 6.07 Å². The van der Waals surface area contributed by atoms with Crippen LogP contribution >= 0.6 is 0 Å². The molecule has 0 saturated carbocycles. The van der Waals surface area contributed by atoms with Crippen molar-refractivity contribution in [3.63, 3.8) is 0 Å². The highest BCUT2D eigenvalue weighted by molar-refractivity contribution is 5.98. The smallest absolute Gasteiger partial charge is 0.417 e. The van der Waals surface area contributed by atoms with Crippen molar-refractivity contribution in [1.82, 2.24) is 9.80 Å². The molecule has 7 heteroatoms. The molecule has 1 aromatic rings. The third-order valence-electron chi connectivity index (χ3n) is 4.24. The summed E-state index contributed by atoms with van der Waals surface area (Å²) in [6.07, 6.45) is 0.535. The minimum absolute atomic E-state index is 0.101. The molecule has 3 rings (SSSR count). The Balaban J connectivity index is 1.66. The third-order valence-corrected chi connectivity index (χ3v) is 4.24. The molecule has 0 bridgehead atoms. The van der Waals surface area contributed by atoms with Gasteiger partial charge in [0.15, 0.2) is 6.61 Å². The summed E-state index contributed by atoms with van der Waals surface area (Å²) in [6, 6.07) is 6.89. The van der Waals surface area contributed by atoms with Crippen LogP contribution in [0.4, 0.5) is 4.79 Å². The van der Waals surface area contributed by atoms with Gasteiger partial charge in [-0.05, 0) is 25.0 Å². The van der Waals surface area contributed by atoms with Crippen molar-refractivity contribution in [1.29, 1.82) is 0 Å². The van der Waals surface area contributed by atoms with Gasteiger partial charge in [0.05, 0.1) is 12.7 Å². The summed E-state index contributed by atoms with van der Waals surface area (Å²) in [5.41, 5.74) is 0.519. The van der Waals surface area contributed by atoms with Gasteiger partial charge >= 0.3 is 6.09 Å². The molecule has 23 heavy (non-hydrogen) atoms. The number of hydrogen-bond acceptors (Lipinski definition) is 5. The van der Waals surface area contributed by atoms with Crippen molar-refractivity contribution in [3.8, 4) is 5.75 Å². The van der Waals surface area contributed by atoms with E-state index in [9.17, 15) is 14.4 Å². The average molecular weight is 318 g/mol. The van der Waals surface area contributed by atoms with E-state index in [-0.39, 0.29) is 24.5 Å². The fraction of sp³-hybridized carbons (Fsp3) is 0.438. The molecule has 3 amide bonds. The number of likely N-dealkylation sites (tertiary alicyclic amines) is 1. The number of para-hydroxylation sites is 1. The minimum atomic E-state index is -0.579. The van der Waals surface area contributed by atoms with E-state index in [0.717, 1.165) is 0 Å². The molecule has 0 radical (unpaired) electrons. The number of methoxy groups -OCH3 is 1. The number of hydrogen-bond donors (Lipinski definition) is 0. The van der Waals surface area contributed by atoms with Crippen molar-refractivity contribution >= 4 is 17.9 Å². The maximum Gasteiger partial charge on any atom is 0.417 e. The molecule has 2 aliphatic heterocycles. The number of cyclic esters (lactones) is 1. The second-order valence-electron chi connectivity index (χ2n) is 5.54. The molecular weight excluding hydrogens is 300 g/mol. The van der Waals surface area contributed by atoms with E-state index in [1.165, 1.54) is 12.0 Å². The Labute approximate surface area is 133 Å². The SMILES string of the molecule is COc1ccccc1C(=O)N1CCC(N2C(=O)COC2=O)CC1. The molecule has 2 fully saturated rings. The van der Waals surface area contributed by atoms with Crippen LogP contribution in [0.2, 0.25) is 0 Å². The molecule has 0 aliphatic carbocycles. The first-order chi connectivity index (χ1) is 11.1. The quantitative estimate of drug-likeness (QED) is 0.839. The van der Waals surface area contributed by atoms with Crippen molar-refractivity contribution in [2.75, 3.05) is 26.8 Å². The van der Waals surface area contributed by atoms with Crippen LogP contribution in [0.1, 0.15) is 23.2 Å². The maximum atomic E-state index is 12.6. The molecule has 0 N–H and O–H groups in total. The van der Waals surface area contributed by atoms with Gasteiger partial charge in [0.25, 0.3) is 11.8 Å². The summed E-state index contributed by atoms with van der Waals surface area (Å²) in [7, 11) is 1.53. The largest absolute Gasteiger partial charge is 0.496 e. The van der Waals surface area contributed by atoms with Gasteiger partial charge in [-0.1, -0.05) is 12.1 Å². The molecule has 0 spiro atoms. The molecule has 122 valence electrons. The summed E-state index contributed by atoms with van der Waals surface area (Å²) in [5.74, 6) is 0.138. The monoisotopic (exact) mass is 318 g/mol. The van der Waals surface area contributed by atoms with Crippen LogP contribution in [0.25, 0.3) is 0 Å². The topological polar surface area (TPSA) is 76.2 Å². The van der Waals surface area contributed by atoms with E-state index in [1.54, 1.807) is 23.1 Å². The lowest BCUT2D eigenvalue weighted by Gasteiger charge is -2.34. The summed E-state index contributed by atoms with van der Waals surface area (Å²) < 4.78 is 9.97. The molecule has 7 nitrogen and oxygen atoms in total. The fourth-order valence-electron chi connectivity index (χ4n) is 3.04. The number of carbonyl (C=O) groups excluding carboxylic acids is 3. The van der Waals surface area contributed by atoms with Gasteiger partial charge < -0.3 is 14.4 Å². The van der Waals surface area contributed by atoms with Crippen molar-refractivity contribution < 1.29 is 23.9 Å². The minimum Gasteiger partial charge on any atom is -0.496 e. The lowest BCUT2D eigenvalue weighted by atomic mass is 10.0. The molecule has 2 aliphatic rings. The van der Waals surface area contributed by atoms with Crippen LogP contribution in [0.3, 0.4) is 0 Å².